The van der Waals surface area contributed by atoms with Gasteiger partial charge < -0.3 is 0 Å². The van der Waals surface area contributed by atoms with Gasteiger partial charge in [-0.25, -0.2) is 0 Å². The van der Waals surface area contributed by atoms with Crippen LogP contribution in [-0.2, 0) is 42.5 Å². The molecule has 0 N–H and O–H groups in total. The molecule has 0 aliphatic rings. The fraction of sp³-hybridized carbons (Fsp3) is 0.150. The van der Waals surface area contributed by atoms with E-state index in [-0.39, 0.29) is 4.91 Å². The van der Waals surface area contributed by atoms with E-state index in [0.29, 0.717) is 13.1 Å². The molecule has 0 unspecified atom stereocenters. The second kappa shape index (κ2) is 9.19. The average molecular weight is 523 g/mol. The van der Waals surface area contributed by atoms with Crippen molar-refractivity contribution in [2.24, 2.45) is 0 Å². The molecule has 0 aromatic heterocycles. The van der Waals surface area contributed by atoms with Crippen LogP contribution >= 0.6 is 0 Å². The second-order valence-electron chi connectivity index (χ2n) is 5.65. The normalized spacial score (nSPS) is 11.8. The van der Waals surface area contributed by atoms with Crippen LogP contribution < -0.4 is 0 Å². The van der Waals surface area contributed by atoms with Crippen LogP contribution in [0, 0.1) is 0 Å². The zero-order valence-electron chi connectivity index (χ0n) is 14.1. The third-order valence-corrected chi connectivity index (χ3v) is 5.80. The van der Waals surface area contributed by atoms with E-state index in [1.54, 1.807) is 12.2 Å². The maximum absolute atomic E-state index is 13.0. The van der Waals surface area contributed by atoms with E-state index in [1.165, 1.54) is 23.7 Å². The summed E-state index contributed by atoms with van der Waals surface area (Å²) < 4.78 is 28.6. The minimum atomic E-state index is -3.65. The number of rotatable bonds is 8. The third kappa shape index (κ3) is 6.00. The maximum atomic E-state index is 13.0. The zero-order valence-corrected chi connectivity index (χ0v) is 17.9. The van der Waals surface area contributed by atoms with Crippen molar-refractivity contribution >= 4 is 13.9 Å². The van der Waals surface area contributed by atoms with E-state index in [9.17, 15) is 8.42 Å². The fourth-order valence-electron chi connectivity index (χ4n) is 2.26. The van der Waals surface area contributed by atoms with E-state index in [0.717, 1.165) is 15.0 Å². The first-order chi connectivity index (χ1) is 11.9. The summed E-state index contributed by atoms with van der Waals surface area (Å²) >= 11 is 1.31. The summed E-state index contributed by atoms with van der Waals surface area (Å²) in [5.41, 5.74) is 1.89. The van der Waals surface area contributed by atoms with Gasteiger partial charge in [0.15, 0.2) is 0 Å². The molecule has 2 aromatic rings. The quantitative estimate of drug-likeness (QED) is 0.494. The number of hydrogen-bond donors (Lipinski definition) is 0. The molecule has 0 fully saturated rings. The molecule has 25 heavy (non-hydrogen) atoms. The second-order valence-corrected chi connectivity index (χ2v) is 9.96. The van der Waals surface area contributed by atoms with Gasteiger partial charge in [-0.1, -0.05) is 0 Å². The molecule has 0 radical (unpaired) electrons. The average Bonchev–Trinajstić information content (AvgIpc) is 2.60. The van der Waals surface area contributed by atoms with Crippen LogP contribution in [-0.4, -0.2) is 16.6 Å². The minimum absolute atomic E-state index is 0.111. The Morgan fingerprint density at radius 2 is 1.40 bits per heavy atom. The van der Waals surface area contributed by atoms with Crippen molar-refractivity contribution in [3.8, 4) is 0 Å². The van der Waals surface area contributed by atoms with Gasteiger partial charge in [-0.15, -0.1) is 0 Å². The van der Waals surface area contributed by atoms with Crippen LogP contribution in [0.5, 0.6) is 0 Å². The molecule has 0 aliphatic heterocycles. The van der Waals surface area contributed by atoms with Crippen LogP contribution in [0.2, 0.25) is 0 Å². The van der Waals surface area contributed by atoms with E-state index in [2.05, 4.69) is 6.58 Å². The van der Waals surface area contributed by atoms with Crippen molar-refractivity contribution in [1.82, 2.24) is 4.31 Å². The first-order valence-corrected chi connectivity index (χ1v) is 10.8. The van der Waals surface area contributed by atoms with E-state index >= 15 is 0 Å². The van der Waals surface area contributed by atoms with Gasteiger partial charge in [0.1, 0.15) is 0 Å². The molecule has 0 aliphatic carbocycles. The first-order valence-electron chi connectivity index (χ1n) is 7.85. The van der Waals surface area contributed by atoms with Gasteiger partial charge in [-0.3, -0.25) is 0 Å². The Balaban J connectivity index is 2.32. The molecule has 130 valence electrons. The molecule has 0 atom stereocenters. The monoisotopic (exact) mass is 523 g/mol. The van der Waals surface area contributed by atoms with Crippen LogP contribution in [0.3, 0.4) is 0 Å². The van der Waals surface area contributed by atoms with Crippen molar-refractivity contribution in [3.63, 3.8) is 0 Å². The number of nitrogens with zero attached hydrogens (tertiary/aromatic N) is 1. The van der Waals surface area contributed by atoms with Gasteiger partial charge >= 0.3 is 161 Å². The molecule has 0 saturated heterocycles. The Labute approximate surface area is 161 Å². The predicted molar refractivity (Wildman–Crippen MR) is 100 cm³/mol. The molecule has 0 bridgehead atoms. The summed E-state index contributed by atoms with van der Waals surface area (Å²) in [5.74, 6) is 0. The standard InChI is InChI=1S/C20H21NO2S.W/c1-3-4-11-18(2)24(22,23)21(16-19-12-7-5-8-13-19)17-20-14-9-6-10-15-20;/h4-15H,2,16-17H2,1H3;. The Bertz CT molecular complexity index is 818. The first kappa shape index (κ1) is 19.7. The van der Waals surface area contributed by atoms with Crippen molar-refractivity contribution in [3.05, 3.63) is 95.4 Å². The van der Waals surface area contributed by atoms with Crippen molar-refractivity contribution in [1.29, 1.82) is 0 Å². The van der Waals surface area contributed by atoms with Crippen LogP contribution in [0.25, 0.3) is 0 Å². The molecule has 5 heteroatoms. The topological polar surface area (TPSA) is 37.4 Å². The van der Waals surface area contributed by atoms with Crippen molar-refractivity contribution < 1.29 is 27.8 Å². The SMILES string of the molecule is C=C(C=C[C](C)=[W])S(=O)(=O)N(Cc1ccccc1)Cc1ccccc1. The summed E-state index contributed by atoms with van der Waals surface area (Å²) in [7, 11) is -3.65. The molecule has 2 rings (SSSR count). The van der Waals surface area contributed by atoms with Crippen LogP contribution in [0.4, 0.5) is 0 Å². The summed E-state index contributed by atoms with van der Waals surface area (Å²) in [4.78, 5) is 0.111. The predicted octanol–water partition coefficient (Wildman–Crippen LogP) is 3.83. The van der Waals surface area contributed by atoms with E-state index in [4.69, 9.17) is 0 Å². The third-order valence-electron chi connectivity index (χ3n) is 3.58. The van der Waals surface area contributed by atoms with Crippen molar-refractivity contribution in [2.75, 3.05) is 0 Å². The number of benzene rings is 2. The molecule has 0 heterocycles. The molecule has 2 aromatic carbocycles. The Morgan fingerprint density at radius 1 is 0.960 bits per heavy atom. The van der Waals surface area contributed by atoms with Gasteiger partial charge in [-0.2, -0.15) is 0 Å². The van der Waals surface area contributed by atoms with Gasteiger partial charge in [-0.05, 0) is 0 Å². The van der Waals surface area contributed by atoms with Gasteiger partial charge in [0.2, 0.25) is 0 Å². The number of hydrogen-bond acceptors (Lipinski definition) is 2. The Morgan fingerprint density at radius 3 is 1.80 bits per heavy atom. The summed E-state index contributed by atoms with van der Waals surface area (Å²) in [5, 5.41) is 0. The molecule has 0 saturated carbocycles. The molecule has 3 nitrogen and oxygen atoms in total. The van der Waals surface area contributed by atoms with E-state index in [1.807, 2.05) is 67.6 Å². The molecule has 0 spiro atoms. The van der Waals surface area contributed by atoms with Crippen LogP contribution in [0.15, 0.2) is 84.3 Å². The molecular weight excluding hydrogens is 502 g/mol. The zero-order chi connectivity index (χ0) is 18.3. The van der Waals surface area contributed by atoms with Gasteiger partial charge in [0.25, 0.3) is 0 Å². The Hall–Kier alpha value is -1.61. The molecule has 0 amide bonds. The summed E-state index contributed by atoms with van der Waals surface area (Å²) in [6, 6.07) is 19.2. The van der Waals surface area contributed by atoms with E-state index < -0.39 is 10.0 Å². The number of allylic oxidation sites excluding steroid dienone is 2. The summed E-state index contributed by atoms with van der Waals surface area (Å²) in [6.45, 7) is 6.36. The Kier molecular flexibility index (Phi) is 7.24. The molecular formula is C20H21NO2SW. The van der Waals surface area contributed by atoms with Gasteiger partial charge in [0.05, 0.1) is 0 Å². The summed E-state index contributed by atoms with van der Waals surface area (Å²) in [6.07, 6.45) is 3.39. The number of sulfonamides is 1. The fourth-order valence-corrected chi connectivity index (χ4v) is 3.72. The van der Waals surface area contributed by atoms with Crippen molar-refractivity contribution in [2.45, 2.75) is 20.0 Å². The van der Waals surface area contributed by atoms with Crippen LogP contribution in [0.1, 0.15) is 18.1 Å². The van der Waals surface area contributed by atoms with Gasteiger partial charge in [0, 0.05) is 0 Å².